The molecule has 0 aliphatic heterocycles. The highest BCUT2D eigenvalue weighted by molar-refractivity contribution is 7.99. The zero-order chi connectivity index (χ0) is 22.4. The van der Waals surface area contributed by atoms with Crippen LogP contribution in [0.5, 0.6) is 0 Å². The molecule has 3 aromatic rings. The van der Waals surface area contributed by atoms with Crippen LogP contribution >= 0.6 is 11.8 Å². The van der Waals surface area contributed by atoms with E-state index >= 15 is 0 Å². The lowest BCUT2D eigenvalue weighted by molar-refractivity contribution is -0.118. The molecule has 0 fully saturated rings. The van der Waals surface area contributed by atoms with E-state index in [1.54, 1.807) is 6.21 Å². The second kappa shape index (κ2) is 9.92. The van der Waals surface area contributed by atoms with E-state index in [1.165, 1.54) is 22.9 Å². The van der Waals surface area contributed by atoms with Gasteiger partial charge in [-0.2, -0.15) is 5.10 Å². The number of hydrogen-bond donors (Lipinski definition) is 1. The minimum absolute atomic E-state index is 0.104. The number of benzene rings is 2. The predicted molar refractivity (Wildman–Crippen MR) is 127 cm³/mol. The monoisotopic (exact) mass is 435 g/mol. The molecule has 0 aliphatic rings. The maximum Gasteiger partial charge on any atom is 0.250 e. The normalized spacial score (nSPS) is 11.8. The highest BCUT2D eigenvalue weighted by Crippen LogP contribution is 2.27. The second-order valence-corrected chi connectivity index (χ2v) is 9.31. The zero-order valence-corrected chi connectivity index (χ0v) is 19.5. The van der Waals surface area contributed by atoms with Crippen LogP contribution in [0.1, 0.15) is 44.4 Å². The molecule has 1 aromatic heterocycles. The van der Waals surface area contributed by atoms with E-state index in [1.807, 2.05) is 42.7 Å². The van der Waals surface area contributed by atoms with Crippen molar-refractivity contribution >= 4 is 23.9 Å². The van der Waals surface area contributed by atoms with Crippen molar-refractivity contribution in [3.8, 4) is 11.4 Å². The lowest BCUT2D eigenvalue weighted by Crippen LogP contribution is -2.20. The number of hydrazone groups is 1. The Morgan fingerprint density at radius 3 is 2.39 bits per heavy atom. The van der Waals surface area contributed by atoms with Crippen LogP contribution in [0.15, 0.2) is 58.8 Å². The molecule has 7 heteroatoms. The maximum absolute atomic E-state index is 12.2. The van der Waals surface area contributed by atoms with E-state index in [0.29, 0.717) is 0 Å². The van der Waals surface area contributed by atoms with Crippen molar-refractivity contribution in [2.75, 3.05) is 5.75 Å². The first-order chi connectivity index (χ1) is 14.8. The molecule has 2 aromatic carbocycles. The summed E-state index contributed by atoms with van der Waals surface area (Å²) in [5.41, 5.74) is 7.08. The molecular weight excluding hydrogens is 406 g/mol. The average molecular weight is 436 g/mol. The number of carbonyl (C=O) groups excluding carboxylic acids is 1. The Morgan fingerprint density at radius 1 is 1.10 bits per heavy atom. The molecule has 0 bridgehead atoms. The quantitative estimate of drug-likeness (QED) is 0.328. The van der Waals surface area contributed by atoms with Gasteiger partial charge in [-0.1, -0.05) is 86.6 Å². The Hall–Kier alpha value is -2.93. The molecule has 0 aliphatic carbocycles. The molecular formula is C24H29N5OS. The molecule has 1 heterocycles. The van der Waals surface area contributed by atoms with Crippen LogP contribution in [0.25, 0.3) is 11.4 Å². The molecule has 0 saturated heterocycles. The van der Waals surface area contributed by atoms with Crippen LogP contribution in [-0.2, 0) is 16.8 Å². The summed E-state index contributed by atoms with van der Waals surface area (Å²) < 4.78 is 2.03. The van der Waals surface area contributed by atoms with Gasteiger partial charge in [0.05, 0.1) is 12.0 Å². The maximum atomic E-state index is 12.2. The van der Waals surface area contributed by atoms with Crippen LogP contribution in [0.3, 0.4) is 0 Å². The largest absolute Gasteiger partial charge is 0.302 e. The summed E-state index contributed by atoms with van der Waals surface area (Å²) in [6, 6.07) is 16.4. The number of hydrogen-bond acceptors (Lipinski definition) is 5. The fourth-order valence-electron chi connectivity index (χ4n) is 3.01. The summed E-state index contributed by atoms with van der Waals surface area (Å²) in [6.45, 7) is 11.4. The van der Waals surface area contributed by atoms with E-state index in [4.69, 9.17) is 0 Å². The fourth-order valence-corrected chi connectivity index (χ4v) is 3.80. The standard InChI is InChI=1S/C24H29N5OS/c1-6-29-22(19-11-13-20(14-12-19)24(3,4)5)27-28-23(29)31-16-21(30)26-25-15-18-9-7-17(2)8-10-18/h7-15H,6,16H2,1-5H3,(H,26,30). The van der Waals surface area contributed by atoms with Gasteiger partial charge in [0.25, 0.3) is 5.91 Å². The third-order valence-corrected chi connectivity index (χ3v) is 5.82. The topological polar surface area (TPSA) is 72.2 Å². The average Bonchev–Trinajstić information content (AvgIpc) is 3.16. The fraction of sp³-hybridized carbons (Fsp3) is 0.333. The molecule has 162 valence electrons. The first kappa shape index (κ1) is 22.7. The minimum Gasteiger partial charge on any atom is -0.302 e. The number of carbonyl (C=O) groups is 1. The first-order valence-electron chi connectivity index (χ1n) is 10.3. The third-order valence-electron chi connectivity index (χ3n) is 4.85. The highest BCUT2D eigenvalue weighted by Gasteiger charge is 2.17. The molecule has 0 radical (unpaired) electrons. The Labute approximate surface area is 188 Å². The Balaban J connectivity index is 1.61. The van der Waals surface area contributed by atoms with Gasteiger partial charge in [-0.25, -0.2) is 5.43 Å². The summed E-state index contributed by atoms with van der Waals surface area (Å²) in [7, 11) is 0. The van der Waals surface area contributed by atoms with Gasteiger partial charge in [-0.05, 0) is 30.4 Å². The van der Waals surface area contributed by atoms with Crippen molar-refractivity contribution in [1.29, 1.82) is 0 Å². The van der Waals surface area contributed by atoms with Gasteiger partial charge in [0, 0.05) is 12.1 Å². The molecule has 0 saturated carbocycles. The third kappa shape index (κ3) is 6.04. The number of nitrogens with one attached hydrogen (secondary N) is 1. The van der Waals surface area contributed by atoms with Gasteiger partial charge in [-0.3, -0.25) is 4.79 Å². The van der Waals surface area contributed by atoms with Crippen molar-refractivity contribution in [2.24, 2.45) is 5.10 Å². The molecule has 3 rings (SSSR count). The summed E-state index contributed by atoms with van der Waals surface area (Å²) in [6.07, 6.45) is 1.63. The lowest BCUT2D eigenvalue weighted by atomic mass is 9.87. The number of nitrogens with zero attached hydrogens (tertiary/aromatic N) is 4. The van der Waals surface area contributed by atoms with Crippen molar-refractivity contribution in [3.05, 3.63) is 65.2 Å². The highest BCUT2D eigenvalue weighted by atomic mass is 32.2. The van der Waals surface area contributed by atoms with Gasteiger partial charge in [0.2, 0.25) is 0 Å². The second-order valence-electron chi connectivity index (χ2n) is 8.37. The molecule has 31 heavy (non-hydrogen) atoms. The van der Waals surface area contributed by atoms with Crippen LogP contribution in [0.4, 0.5) is 0 Å². The zero-order valence-electron chi connectivity index (χ0n) is 18.7. The summed E-state index contributed by atoms with van der Waals surface area (Å²) in [5.74, 6) is 0.838. The van der Waals surface area contributed by atoms with Gasteiger partial charge in [-0.15, -0.1) is 10.2 Å². The molecule has 6 nitrogen and oxygen atoms in total. The SMILES string of the molecule is CCn1c(SCC(=O)NN=Cc2ccc(C)cc2)nnc1-c1ccc(C(C)(C)C)cc1. The number of aryl methyl sites for hydroxylation is 1. The van der Waals surface area contributed by atoms with Gasteiger partial charge in [0.15, 0.2) is 11.0 Å². The van der Waals surface area contributed by atoms with Crippen molar-refractivity contribution < 1.29 is 4.79 Å². The van der Waals surface area contributed by atoms with Crippen LogP contribution in [0.2, 0.25) is 0 Å². The molecule has 1 amide bonds. The van der Waals surface area contributed by atoms with E-state index < -0.39 is 0 Å². The Bertz CT molecular complexity index is 1050. The van der Waals surface area contributed by atoms with Crippen LogP contribution < -0.4 is 5.43 Å². The Kier molecular flexibility index (Phi) is 7.28. The number of amides is 1. The lowest BCUT2D eigenvalue weighted by Gasteiger charge is -2.19. The molecule has 0 unspecified atom stereocenters. The van der Waals surface area contributed by atoms with Gasteiger partial charge in [0.1, 0.15) is 0 Å². The smallest absolute Gasteiger partial charge is 0.250 e. The molecule has 0 spiro atoms. The number of aromatic nitrogens is 3. The first-order valence-corrected chi connectivity index (χ1v) is 11.3. The molecule has 1 N–H and O–H groups in total. The minimum atomic E-state index is -0.185. The summed E-state index contributed by atoms with van der Waals surface area (Å²) >= 11 is 1.35. The molecule has 0 atom stereocenters. The number of thioether (sulfide) groups is 1. The predicted octanol–water partition coefficient (Wildman–Crippen LogP) is 4.81. The van der Waals surface area contributed by atoms with E-state index in [-0.39, 0.29) is 17.1 Å². The van der Waals surface area contributed by atoms with E-state index in [2.05, 4.69) is 65.8 Å². The van der Waals surface area contributed by atoms with Crippen LogP contribution in [-0.4, -0.2) is 32.6 Å². The number of rotatable bonds is 7. The van der Waals surface area contributed by atoms with Gasteiger partial charge < -0.3 is 4.57 Å². The summed E-state index contributed by atoms with van der Waals surface area (Å²) in [4.78, 5) is 12.2. The van der Waals surface area contributed by atoms with Crippen molar-refractivity contribution in [3.63, 3.8) is 0 Å². The van der Waals surface area contributed by atoms with Crippen LogP contribution in [0, 0.1) is 6.92 Å². The Morgan fingerprint density at radius 2 is 1.77 bits per heavy atom. The van der Waals surface area contributed by atoms with E-state index in [0.717, 1.165) is 28.7 Å². The summed E-state index contributed by atoms with van der Waals surface area (Å²) in [5, 5.41) is 13.4. The van der Waals surface area contributed by atoms with Gasteiger partial charge >= 0.3 is 0 Å². The van der Waals surface area contributed by atoms with Crippen molar-refractivity contribution in [2.45, 2.75) is 51.7 Å². The van der Waals surface area contributed by atoms with Crippen molar-refractivity contribution in [1.82, 2.24) is 20.2 Å². The van der Waals surface area contributed by atoms with E-state index in [9.17, 15) is 4.79 Å².